The number of nitrogens with one attached hydrogen (secondary N) is 1. The van der Waals surface area contributed by atoms with Gasteiger partial charge in [-0.15, -0.1) is 5.10 Å². The highest BCUT2D eigenvalue weighted by Gasteiger charge is 2.12. The number of hydrogen-bond acceptors (Lipinski definition) is 2. The molecule has 1 N–H and O–H groups in total. The number of para-hydroxylation sites is 1. The lowest BCUT2D eigenvalue weighted by molar-refractivity contribution is -0.110. The molecule has 0 saturated carbocycles. The van der Waals surface area contributed by atoms with Crippen molar-refractivity contribution in [3.63, 3.8) is 0 Å². The van der Waals surface area contributed by atoms with Gasteiger partial charge in [0.2, 0.25) is 6.41 Å². The second-order valence-electron chi connectivity index (χ2n) is 3.30. The lowest BCUT2D eigenvalue weighted by Crippen LogP contribution is -2.16. The van der Waals surface area contributed by atoms with Gasteiger partial charge in [0.15, 0.2) is 0 Å². The van der Waals surface area contributed by atoms with E-state index in [1.165, 1.54) is 6.20 Å². The standard InChI is InChI=1S/C10H10FN3O/c1-7(12-6-15)9-4-2-3-8-5-13-14(11)10(8)9/h2-7H,1H3,(H,12,15). The zero-order valence-corrected chi connectivity index (χ0v) is 8.14. The van der Waals surface area contributed by atoms with Crippen LogP contribution in [0.1, 0.15) is 18.5 Å². The average Bonchev–Trinajstić information content (AvgIpc) is 2.61. The SMILES string of the molecule is CC(NC=O)c1cccc2cnn(F)c12. The molecule has 2 rings (SSSR count). The summed E-state index contributed by atoms with van der Waals surface area (Å²) in [6.45, 7) is 1.79. The van der Waals surface area contributed by atoms with Crippen molar-refractivity contribution in [3.05, 3.63) is 30.0 Å². The second-order valence-corrected chi connectivity index (χ2v) is 3.30. The maximum Gasteiger partial charge on any atom is 0.207 e. The fraction of sp³-hybridized carbons (Fsp3) is 0.200. The van der Waals surface area contributed by atoms with Crippen LogP contribution in [0.15, 0.2) is 24.4 Å². The van der Waals surface area contributed by atoms with Gasteiger partial charge in [-0.05, 0) is 6.92 Å². The summed E-state index contributed by atoms with van der Waals surface area (Å²) in [7, 11) is 0. The molecule has 0 aliphatic carbocycles. The molecule has 4 nitrogen and oxygen atoms in total. The first-order chi connectivity index (χ1) is 7.24. The summed E-state index contributed by atoms with van der Waals surface area (Å²) in [5.41, 5.74) is 1.11. The van der Waals surface area contributed by atoms with E-state index in [-0.39, 0.29) is 6.04 Å². The Kier molecular flexibility index (Phi) is 2.37. The summed E-state index contributed by atoms with van der Waals surface area (Å²) >= 11 is 0. The molecule has 1 heterocycles. The molecule has 1 amide bonds. The molecule has 0 fully saturated rings. The predicted molar refractivity (Wildman–Crippen MR) is 53.9 cm³/mol. The Hall–Kier alpha value is -1.91. The number of fused-ring (bicyclic) bond motifs is 1. The Balaban J connectivity index is 2.58. The van der Waals surface area contributed by atoms with Gasteiger partial charge in [0.1, 0.15) is 5.52 Å². The lowest BCUT2D eigenvalue weighted by atomic mass is 10.1. The van der Waals surface area contributed by atoms with E-state index in [1.54, 1.807) is 19.1 Å². The van der Waals surface area contributed by atoms with Gasteiger partial charge in [0.05, 0.1) is 12.2 Å². The van der Waals surface area contributed by atoms with E-state index in [0.29, 0.717) is 22.4 Å². The molecule has 0 spiro atoms. The van der Waals surface area contributed by atoms with Crippen LogP contribution in [0.3, 0.4) is 0 Å². The topological polar surface area (TPSA) is 46.9 Å². The number of nitrogens with zero attached hydrogens (tertiary/aromatic N) is 2. The van der Waals surface area contributed by atoms with Crippen molar-refractivity contribution >= 4 is 17.3 Å². The first kappa shape index (κ1) is 9.64. The number of aromatic nitrogens is 2. The van der Waals surface area contributed by atoms with Gasteiger partial charge in [-0.3, -0.25) is 4.79 Å². The predicted octanol–water partition coefficient (Wildman–Crippen LogP) is 1.58. The highest BCUT2D eigenvalue weighted by atomic mass is 19.2. The van der Waals surface area contributed by atoms with Crippen LogP contribution < -0.4 is 5.32 Å². The van der Waals surface area contributed by atoms with Gasteiger partial charge in [0, 0.05) is 10.9 Å². The molecular weight excluding hydrogens is 197 g/mol. The van der Waals surface area contributed by atoms with E-state index in [4.69, 9.17) is 0 Å². The molecule has 1 atom stereocenters. The van der Waals surface area contributed by atoms with Gasteiger partial charge in [-0.1, -0.05) is 27.6 Å². The van der Waals surface area contributed by atoms with E-state index in [1.807, 2.05) is 6.07 Å². The van der Waals surface area contributed by atoms with Crippen molar-refractivity contribution in [2.45, 2.75) is 13.0 Å². The summed E-state index contributed by atoms with van der Waals surface area (Å²) in [5.74, 6) is 0. The number of rotatable bonds is 3. The largest absolute Gasteiger partial charge is 0.352 e. The number of carbonyl (C=O) groups excluding carboxylic acids is 1. The molecule has 0 bridgehead atoms. The minimum Gasteiger partial charge on any atom is -0.352 e. The van der Waals surface area contributed by atoms with Crippen molar-refractivity contribution in [2.75, 3.05) is 0 Å². The van der Waals surface area contributed by atoms with Crippen molar-refractivity contribution < 1.29 is 9.28 Å². The quantitative estimate of drug-likeness (QED) is 0.776. The third-order valence-corrected chi connectivity index (χ3v) is 2.37. The molecule has 2 aromatic rings. The summed E-state index contributed by atoms with van der Waals surface area (Å²) in [4.78, 5) is 10.6. The molecule has 78 valence electrons. The maximum atomic E-state index is 13.3. The Bertz CT molecular complexity index is 494. The highest BCUT2D eigenvalue weighted by molar-refractivity contribution is 5.82. The average molecular weight is 207 g/mol. The molecule has 15 heavy (non-hydrogen) atoms. The van der Waals surface area contributed by atoms with Crippen molar-refractivity contribution in [3.8, 4) is 0 Å². The summed E-state index contributed by atoms with van der Waals surface area (Å²) < 4.78 is 13.3. The van der Waals surface area contributed by atoms with Gasteiger partial charge >= 0.3 is 0 Å². The van der Waals surface area contributed by atoms with Crippen molar-refractivity contribution in [2.24, 2.45) is 0 Å². The first-order valence-corrected chi connectivity index (χ1v) is 4.56. The molecule has 1 unspecified atom stereocenters. The number of halogens is 1. The normalized spacial score (nSPS) is 12.7. The Morgan fingerprint density at radius 2 is 2.40 bits per heavy atom. The minimum atomic E-state index is -0.239. The van der Waals surface area contributed by atoms with E-state index in [9.17, 15) is 9.28 Å². The third kappa shape index (κ3) is 1.56. The van der Waals surface area contributed by atoms with Gasteiger partial charge in [-0.2, -0.15) is 0 Å². The first-order valence-electron chi connectivity index (χ1n) is 4.56. The fourth-order valence-electron chi connectivity index (χ4n) is 1.61. The number of carbonyl (C=O) groups is 1. The monoisotopic (exact) mass is 207 g/mol. The maximum absolute atomic E-state index is 13.3. The van der Waals surface area contributed by atoms with Crippen LogP contribution in [-0.4, -0.2) is 16.4 Å². The molecule has 0 aliphatic rings. The van der Waals surface area contributed by atoms with E-state index < -0.39 is 0 Å². The van der Waals surface area contributed by atoms with Gasteiger partial charge < -0.3 is 5.32 Å². The van der Waals surface area contributed by atoms with E-state index in [0.717, 1.165) is 5.39 Å². The number of hydrogen-bond donors (Lipinski definition) is 1. The van der Waals surface area contributed by atoms with Crippen LogP contribution in [0.25, 0.3) is 10.9 Å². The zero-order chi connectivity index (χ0) is 10.8. The molecular formula is C10H10FN3O. The van der Waals surface area contributed by atoms with E-state index in [2.05, 4.69) is 10.4 Å². The van der Waals surface area contributed by atoms with Crippen LogP contribution in [0.5, 0.6) is 0 Å². The van der Waals surface area contributed by atoms with E-state index >= 15 is 0 Å². The van der Waals surface area contributed by atoms with Gasteiger partial charge in [0.25, 0.3) is 0 Å². The fourth-order valence-corrected chi connectivity index (χ4v) is 1.61. The van der Waals surface area contributed by atoms with Crippen LogP contribution >= 0.6 is 0 Å². The molecule has 0 radical (unpaired) electrons. The number of amides is 1. The zero-order valence-electron chi connectivity index (χ0n) is 8.14. The molecule has 5 heteroatoms. The lowest BCUT2D eigenvalue weighted by Gasteiger charge is -2.11. The molecule has 1 aromatic carbocycles. The third-order valence-electron chi connectivity index (χ3n) is 2.37. The summed E-state index contributed by atoms with van der Waals surface area (Å²) in [5, 5.41) is 6.83. The minimum absolute atomic E-state index is 0.239. The van der Waals surface area contributed by atoms with Crippen molar-refractivity contribution in [1.82, 2.24) is 15.3 Å². The van der Waals surface area contributed by atoms with Crippen LogP contribution in [-0.2, 0) is 4.79 Å². The molecule has 0 saturated heterocycles. The molecule has 1 aromatic heterocycles. The summed E-state index contributed by atoms with van der Waals surface area (Å²) in [6, 6.07) is 5.11. The summed E-state index contributed by atoms with van der Waals surface area (Å²) in [6.07, 6.45) is 2.05. The van der Waals surface area contributed by atoms with Crippen LogP contribution in [0, 0.1) is 0 Å². The highest BCUT2D eigenvalue weighted by Crippen LogP contribution is 2.23. The second kappa shape index (κ2) is 3.68. The smallest absolute Gasteiger partial charge is 0.207 e. The Morgan fingerprint density at radius 1 is 1.60 bits per heavy atom. The van der Waals surface area contributed by atoms with Crippen LogP contribution in [0.2, 0.25) is 0 Å². The van der Waals surface area contributed by atoms with Crippen molar-refractivity contribution in [1.29, 1.82) is 0 Å². The Labute approximate surface area is 85.6 Å². The van der Waals surface area contributed by atoms with Gasteiger partial charge in [-0.25, -0.2) is 0 Å². The Morgan fingerprint density at radius 3 is 3.13 bits per heavy atom. The number of benzene rings is 1. The van der Waals surface area contributed by atoms with Crippen LogP contribution in [0.4, 0.5) is 4.48 Å². The molecule has 0 aliphatic heterocycles.